The Morgan fingerprint density at radius 2 is 1.80 bits per heavy atom. The standard InChI is InChI=1S/C26H30N2O6S/c1-17-7-10-19(11-8-17)28(2)25(30)14-32-26(31)20-5-3-4-6-23(20)35-15-24(29)27-18-9-12-21-22(13-18)34-16-33-21/h3-6,9,12-13,17,19H,7-8,10-11,14-16H2,1-2H3,(H,27,29). The lowest BCUT2D eigenvalue weighted by Crippen LogP contribution is -2.41. The fraction of sp³-hybridized carbons (Fsp3) is 0.423. The van der Waals surface area contributed by atoms with Gasteiger partial charge in [0.2, 0.25) is 12.7 Å². The molecule has 1 aliphatic carbocycles. The number of nitrogens with zero attached hydrogens (tertiary/aromatic N) is 1. The molecule has 0 radical (unpaired) electrons. The smallest absolute Gasteiger partial charge is 0.339 e. The molecule has 2 aromatic carbocycles. The molecular weight excluding hydrogens is 468 g/mol. The van der Waals surface area contributed by atoms with Gasteiger partial charge in [-0.15, -0.1) is 11.8 Å². The van der Waals surface area contributed by atoms with E-state index in [1.54, 1.807) is 54.4 Å². The van der Waals surface area contributed by atoms with Crippen molar-refractivity contribution in [3.63, 3.8) is 0 Å². The van der Waals surface area contributed by atoms with E-state index in [2.05, 4.69) is 12.2 Å². The van der Waals surface area contributed by atoms with Gasteiger partial charge < -0.3 is 24.4 Å². The number of anilines is 1. The molecule has 9 heteroatoms. The van der Waals surface area contributed by atoms with Crippen LogP contribution in [0.4, 0.5) is 5.69 Å². The minimum absolute atomic E-state index is 0.0977. The number of ether oxygens (including phenoxy) is 3. The maximum absolute atomic E-state index is 12.7. The number of fused-ring (bicyclic) bond motifs is 1. The van der Waals surface area contributed by atoms with Crippen molar-refractivity contribution in [2.45, 2.75) is 43.5 Å². The number of likely N-dealkylation sites (N-methyl/N-ethyl adjacent to an activating group) is 1. The molecule has 2 aromatic rings. The van der Waals surface area contributed by atoms with Crippen molar-refractivity contribution < 1.29 is 28.6 Å². The van der Waals surface area contributed by atoms with E-state index in [0.717, 1.165) is 25.7 Å². The summed E-state index contributed by atoms with van der Waals surface area (Å²) < 4.78 is 15.9. The summed E-state index contributed by atoms with van der Waals surface area (Å²) in [6, 6.07) is 12.3. The number of hydrogen-bond donors (Lipinski definition) is 1. The Morgan fingerprint density at radius 3 is 2.60 bits per heavy atom. The maximum atomic E-state index is 12.7. The number of thioether (sulfide) groups is 1. The normalized spacial score (nSPS) is 18.6. The zero-order valence-electron chi connectivity index (χ0n) is 20.0. The number of rotatable bonds is 8. The second-order valence-electron chi connectivity index (χ2n) is 8.90. The molecule has 8 nitrogen and oxygen atoms in total. The van der Waals surface area contributed by atoms with E-state index in [0.29, 0.717) is 33.6 Å². The Kier molecular flexibility index (Phi) is 8.17. The Bertz CT molecular complexity index is 1080. The van der Waals surface area contributed by atoms with Crippen LogP contribution >= 0.6 is 11.8 Å². The average molecular weight is 499 g/mol. The van der Waals surface area contributed by atoms with Gasteiger partial charge in [-0.05, 0) is 55.9 Å². The lowest BCUT2D eigenvalue weighted by molar-refractivity contribution is -0.136. The number of nitrogens with one attached hydrogen (secondary N) is 1. The lowest BCUT2D eigenvalue weighted by atomic mass is 9.87. The summed E-state index contributed by atoms with van der Waals surface area (Å²) in [5.41, 5.74) is 0.929. The van der Waals surface area contributed by atoms with Crippen LogP contribution in [0.25, 0.3) is 0 Å². The van der Waals surface area contributed by atoms with Crippen LogP contribution in [0.2, 0.25) is 0 Å². The zero-order chi connectivity index (χ0) is 24.8. The molecule has 35 heavy (non-hydrogen) atoms. The van der Waals surface area contributed by atoms with Gasteiger partial charge in [-0.1, -0.05) is 19.1 Å². The molecule has 1 N–H and O–H groups in total. The number of hydrogen-bond acceptors (Lipinski definition) is 7. The van der Waals surface area contributed by atoms with E-state index in [1.165, 1.54) is 11.8 Å². The molecule has 0 spiro atoms. The molecule has 1 heterocycles. The molecule has 1 saturated carbocycles. The van der Waals surface area contributed by atoms with Gasteiger partial charge in [0.1, 0.15) is 0 Å². The van der Waals surface area contributed by atoms with Crippen molar-refractivity contribution in [1.82, 2.24) is 4.90 Å². The van der Waals surface area contributed by atoms with E-state index in [-0.39, 0.29) is 37.0 Å². The summed E-state index contributed by atoms with van der Waals surface area (Å²) in [6.45, 7) is 2.10. The van der Waals surface area contributed by atoms with Gasteiger partial charge in [-0.25, -0.2) is 4.79 Å². The highest BCUT2D eigenvalue weighted by Crippen LogP contribution is 2.34. The third-order valence-electron chi connectivity index (χ3n) is 6.38. The van der Waals surface area contributed by atoms with Crippen molar-refractivity contribution in [1.29, 1.82) is 0 Å². The first-order valence-corrected chi connectivity index (χ1v) is 12.7. The number of carbonyl (C=O) groups is 3. The second kappa shape index (κ2) is 11.5. The van der Waals surface area contributed by atoms with Gasteiger partial charge in [0.05, 0.1) is 11.3 Å². The lowest BCUT2D eigenvalue weighted by Gasteiger charge is -2.33. The van der Waals surface area contributed by atoms with Crippen LogP contribution in [0, 0.1) is 5.92 Å². The summed E-state index contributed by atoms with van der Waals surface area (Å²) in [5, 5.41) is 2.82. The van der Waals surface area contributed by atoms with Gasteiger partial charge in [0.15, 0.2) is 18.1 Å². The third-order valence-corrected chi connectivity index (χ3v) is 7.45. The molecular formula is C26H30N2O6S. The topological polar surface area (TPSA) is 94.2 Å². The van der Waals surface area contributed by atoms with Crippen molar-refractivity contribution in [2.24, 2.45) is 5.92 Å². The fourth-order valence-electron chi connectivity index (χ4n) is 4.22. The molecule has 2 amide bonds. The molecule has 0 aromatic heterocycles. The Balaban J connectivity index is 1.28. The Labute approximate surface area is 209 Å². The molecule has 2 aliphatic rings. The molecule has 186 valence electrons. The zero-order valence-corrected chi connectivity index (χ0v) is 20.8. The van der Waals surface area contributed by atoms with Crippen LogP contribution < -0.4 is 14.8 Å². The van der Waals surface area contributed by atoms with E-state index < -0.39 is 5.97 Å². The Hall–Kier alpha value is -3.20. The van der Waals surface area contributed by atoms with E-state index in [1.807, 2.05) is 0 Å². The van der Waals surface area contributed by atoms with Crippen LogP contribution in [0.3, 0.4) is 0 Å². The summed E-state index contributed by atoms with van der Waals surface area (Å²) in [6.07, 6.45) is 4.17. The van der Waals surface area contributed by atoms with Gasteiger partial charge in [0, 0.05) is 29.7 Å². The van der Waals surface area contributed by atoms with E-state index in [4.69, 9.17) is 14.2 Å². The quantitative estimate of drug-likeness (QED) is 0.427. The first kappa shape index (κ1) is 24.9. The maximum Gasteiger partial charge on any atom is 0.339 e. The second-order valence-corrected chi connectivity index (χ2v) is 9.91. The van der Waals surface area contributed by atoms with Crippen LogP contribution in [-0.4, -0.2) is 54.9 Å². The SMILES string of the molecule is CC1CCC(N(C)C(=O)COC(=O)c2ccccc2SCC(=O)Nc2ccc3c(c2)OCO3)CC1. The largest absolute Gasteiger partial charge is 0.454 e. The predicted octanol–water partition coefficient (Wildman–Crippen LogP) is 4.34. The molecule has 1 fully saturated rings. The summed E-state index contributed by atoms with van der Waals surface area (Å²) >= 11 is 1.23. The molecule has 0 saturated heterocycles. The first-order chi connectivity index (χ1) is 16.9. The van der Waals surface area contributed by atoms with Gasteiger partial charge in [0.25, 0.3) is 5.91 Å². The highest BCUT2D eigenvalue weighted by atomic mass is 32.2. The van der Waals surface area contributed by atoms with Gasteiger partial charge in [-0.3, -0.25) is 9.59 Å². The van der Waals surface area contributed by atoms with Crippen molar-refractivity contribution in [3.05, 3.63) is 48.0 Å². The Morgan fingerprint density at radius 1 is 1.06 bits per heavy atom. The monoisotopic (exact) mass is 498 g/mol. The average Bonchev–Trinajstić information content (AvgIpc) is 3.34. The summed E-state index contributed by atoms with van der Waals surface area (Å²) in [5.74, 6) is 1.01. The van der Waals surface area contributed by atoms with Crippen molar-refractivity contribution in [2.75, 3.05) is 31.5 Å². The van der Waals surface area contributed by atoms with Crippen molar-refractivity contribution in [3.8, 4) is 11.5 Å². The predicted molar refractivity (Wildman–Crippen MR) is 133 cm³/mol. The van der Waals surface area contributed by atoms with E-state index >= 15 is 0 Å². The summed E-state index contributed by atoms with van der Waals surface area (Å²) in [4.78, 5) is 40.1. The van der Waals surface area contributed by atoms with Crippen molar-refractivity contribution >= 4 is 35.2 Å². The van der Waals surface area contributed by atoms with Crippen LogP contribution in [0.5, 0.6) is 11.5 Å². The van der Waals surface area contributed by atoms with Gasteiger partial charge >= 0.3 is 5.97 Å². The number of benzene rings is 2. The first-order valence-electron chi connectivity index (χ1n) is 11.7. The molecule has 0 unspecified atom stereocenters. The minimum atomic E-state index is -0.580. The number of amides is 2. The highest BCUT2D eigenvalue weighted by molar-refractivity contribution is 8.00. The molecule has 4 rings (SSSR count). The van der Waals surface area contributed by atoms with Crippen LogP contribution in [0.15, 0.2) is 47.4 Å². The summed E-state index contributed by atoms with van der Waals surface area (Å²) in [7, 11) is 1.78. The van der Waals surface area contributed by atoms with Crippen LogP contribution in [0.1, 0.15) is 43.0 Å². The highest BCUT2D eigenvalue weighted by Gasteiger charge is 2.26. The molecule has 0 atom stereocenters. The van der Waals surface area contributed by atoms with E-state index in [9.17, 15) is 14.4 Å². The fourth-order valence-corrected chi connectivity index (χ4v) is 5.06. The molecule has 0 bridgehead atoms. The number of esters is 1. The number of carbonyl (C=O) groups excluding carboxylic acids is 3. The van der Waals surface area contributed by atoms with Crippen LogP contribution in [-0.2, 0) is 14.3 Å². The molecule has 1 aliphatic heterocycles. The van der Waals surface area contributed by atoms with Gasteiger partial charge in [-0.2, -0.15) is 0 Å². The third kappa shape index (κ3) is 6.48. The minimum Gasteiger partial charge on any atom is -0.454 e.